The third kappa shape index (κ3) is 1.91. The molecule has 0 fully saturated rings. The normalized spacial score (nSPS) is 11.2. The molecule has 0 aliphatic rings. The number of nitrogens with zero attached hydrogens (tertiary/aromatic N) is 1. The van der Waals surface area contributed by atoms with E-state index >= 15 is 0 Å². The number of H-pyrrole nitrogens is 2. The molecule has 0 bridgehead atoms. The van der Waals surface area contributed by atoms with Crippen molar-refractivity contribution in [1.82, 2.24) is 20.3 Å². The van der Waals surface area contributed by atoms with Crippen LogP contribution in [0.25, 0.3) is 22.2 Å². The standard InChI is InChI=1S/C14H16N4/c1-15-7-6-14-17-9-13(18-14)11-8-16-12-5-3-2-4-10(11)12/h2-5,8-9,15-16H,6-7H2,1H3,(H,17,18). The topological polar surface area (TPSA) is 56.5 Å². The lowest BCUT2D eigenvalue weighted by molar-refractivity contribution is 0.764. The van der Waals surface area contributed by atoms with Gasteiger partial charge in [-0.15, -0.1) is 0 Å². The summed E-state index contributed by atoms with van der Waals surface area (Å²) in [5.41, 5.74) is 3.39. The number of aromatic nitrogens is 3. The van der Waals surface area contributed by atoms with Gasteiger partial charge in [-0.25, -0.2) is 4.98 Å². The van der Waals surface area contributed by atoms with E-state index in [1.807, 2.05) is 25.5 Å². The number of likely N-dealkylation sites (N-methyl/N-ethyl adjacent to an activating group) is 1. The molecule has 1 aromatic carbocycles. The van der Waals surface area contributed by atoms with E-state index in [0.29, 0.717) is 0 Å². The first-order chi connectivity index (χ1) is 8.88. The second-order valence-electron chi connectivity index (χ2n) is 4.35. The van der Waals surface area contributed by atoms with Gasteiger partial charge in [-0.2, -0.15) is 0 Å². The van der Waals surface area contributed by atoms with Crippen molar-refractivity contribution in [2.24, 2.45) is 0 Å². The third-order valence-electron chi connectivity index (χ3n) is 3.12. The highest BCUT2D eigenvalue weighted by Gasteiger charge is 2.08. The molecule has 0 aliphatic heterocycles. The first kappa shape index (κ1) is 11.0. The maximum Gasteiger partial charge on any atom is 0.107 e. The van der Waals surface area contributed by atoms with Gasteiger partial charge in [0.1, 0.15) is 5.82 Å². The Morgan fingerprint density at radius 2 is 2.17 bits per heavy atom. The van der Waals surface area contributed by atoms with E-state index in [2.05, 4.69) is 38.5 Å². The van der Waals surface area contributed by atoms with Crippen LogP contribution >= 0.6 is 0 Å². The molecule has 3 rings (SSSR count). The number of fused-ring (bicyclic) bond motifs is 1. The Morgan fingerprint density at radius 1 is 1.28 bits per heavy atom. The SMILES string of the molecule is CNCCc1ncc(-c2c[nH]c3ccccc23)[nH]1. The van der Waals surface area contributed by atoms with Gasteiger partial charge in [0.25, 0.3) is 0 Å². The average molecular weight is 240 g/mol. The lowest BCUT2D eigenvalue weighted by Gasteiger charge is -1.96. The van der Waals surface area contributed by atoms with E-state index < -0.39 is 0 Å². The number of para-hydroxylation sites is 1. The number of hydrogen-bond donors (Lipinski definition) is 3. The monoisotopic (exact) mass is 240 g/mol. The summed E-state index contributed by atoms with van der Waals surface area (Å²) in [4.78, 5) is 11.1. The number of hydrogen-bond acceptors (Lipinski definition) is 2. The summed E-state index contributed by atoms with van der Waals surface area (Å²) >= 11 is 0. The summed E-state index contributed by atoms with van der Waals surface area (Å²) in [5.74, 6) is 1.02. The molecule has 18 heavy (non-hydrogen) atoms. The van der Waals surface area contributed by atoms with Crippen molar-refractivity contribution in [2.45, 2.75) is 6.42 Å². The van der Waals surface area contributed by atoms with E-state index in [0.717, 1.165) is 30.0 Å². The lowest BCUT2D eigenvalue weighted by Crippen LogP contribution is -2.10. The predicted molar refractivity (Wildman–Crippen MR) is 73.5 cm³/mol. The quantitative estimate of drug-likeness (QED) is 0.655. The van der Waals surface area contributed by atoms with Crippen molar-refractivity contribution in [3.8, 4) is 11.3 Å². The Labute approximate surface area is 105 Å². The summed E-state index contributed by atoms with van der Waals surface area (Å²) < 4.78 is 0. The minimum absolute atomic E-state index is 0.916. The maximum atomic E-state index is 4.41. The van der Waals surface area contributed by atoms with Crippen LogP contribution in [0, 0.1) is 0 Å². The molecule has 0 saturated carbocycles. The van der Waals surface area contributed by atoms with Crippen molar-refractivity contribution >= 4 is 10.9 Å². The highest BCUT2D eigenvalue weighted by atomic mass is 14.9. The van der Waals surface area contributed by atoms with Gasteiger partial charge in [0.05, 0.1) is 11.9 Å². The Morgan fingerprint density at radius 3 is 3.06 bits per heavy atom. The average Bonchev–Trinajstić information content (AvgIpc) is 3.02. The van der Waals surface area contributed by atoms with Crippen molar-refractivity contribution in [3.63, 3.8) is 0 Å². The van der Waals surface area contributed by atoms with Crippen molar-refractivity contribution in [2.75, 3.05) is 13.6 Å². The molecule has 92 valence electrons. The van der Waals surface area contributed by atoms with Crippen LogP contribution in [0.1, 0.15) is 5.82 Å². The highest BCUT2D eigenvalue weighted by Crippen LogP contribution is 2.26. The van der Waals surface area contributed by atoms with E-state index in [1.54, 1.807) is 0 Å². The summed E-state index contributed by atoms with van der Waals surface area (Å²) in [7, 11) is 1.95. The summed E-state index contributed by atoms with van der Waals surface area (Å²) in [5, 5.41) is 4.35. The zero-order chi connectivity index (χ0) is 12.4. The largest absolute Gasteiger partial charge is 0.360 e. The van der Waals surface area contributed by atoms with Crippen LogP contribution in [0.2, 0.25) is 0 Å². The summed E-state index contributed by atoms with van der Waals surface area (Å²) in [6, 6.07) is 8.29. The maximum absolute atomic E-state index is 4.41. The molecule has 4 nitrogen and oxygen atoms in total. The first-order valence-electron chi connectivity index (χ1n) is 6.13. The van der Waals surface area contributed by atoms with Gasteiger partial charge in [0.2, 0.25) is 0 Å². The fraction of sp³-hybridized carbons (Fsp3) is 0.214. The van der Waals surface area contributed by atoms with Crippen molar-refractivity contribution in [3.05, 3.63) is 42.5 Å². The Hall–Kier alpha value is -2.07. The summed E-state index contributed by atoms with van der Waals surface area (Å²) in [6.45, 7) is 0.931. The van der Waals surface area contributed by atoms with E-state index in [9.17, 15) is 0 Å². The number of nitrogens with one attached hydrogen (secondary N) is 3. The van der Waals surface area contributed by atoms with Gasteiger partial charge < -0.3 is 15.3 Å². The van der Waals surface area contributed by atoms with Crippen LogP contribution in [0.3, 0.4) is 0 Å². The molecule has 4 heteroatoms. The second-order valence-corrected chi connectivity index (χ2v) is 4.35. The molecule has 0 atom stereocenters. The molecule has 3 N–H and O–H groups in total. The zero-order valence-corrected chi connectivity index (χ0v) is 10.3. The van der Waals surface area contributed by atoms with Crippen LogP contribution in [0.15, 0.2) is 36.7 Å². The Balaban J connectivity index is 1.96. The van der Waals surface area contributed by atoms with Gasteiger partial charge in [-0.05, 0) is 13.1 Å². The molecule has 0 amide bonds. The van der Waals surface area contributed by atoms with Crippen LogP contribution < -0.4 is 5.32 Å². The molecular formula is C14H16N4. The van der Waals surface area contributed by atoms with Crippen LogP contribution in [0.5, 0.6) is 0 Å². The molecule has 3 aromatic rings. The first-order valence-corrected chi connectivity index (χ1v) is 6.13. The summed E-state index contributed by atoms with van der Waals surface area (Å²) in [6.07, 6.45) is 4.85. The van der Waals surface area contributed by atoms with E-state index in [-0.39, 0.29) is 0 Å². The fourth-order valence-corrected chi connectivity index (χ4v) is 2.16. The highest BCUT2D eigenvalue weighted by molar-refractivity contribution is 5.94. The molecule has 0 saturated heterocycles. The molecule has 0 unspecified atom stereocenters. The lowest BCUT2D eigenvalue weighted by atomic mass is 10.1. The van der Waals surface area contributed by atoms with Crippen LogP contribution in [-0.2, 0) is 6.42 Å². The van der Waals surface area contributed by atoms with Crippen LogP contribution in [-0.4, -0.2) is 28.5 Å². The van der Waals surface area contributed by atoms with E-state index in [4.69, 9.17) is 0 Å². The van der Waals surface area contributed by atoms with E-state index in [1.165, 1.54) is 10.9 Å². The smallest absolute Gasteiger partial charge is 0.107 e. The molecule has 0 spiro atoms. The molecule has 2 heterocycles. The zero-order valence-electron chi connectivity index (χ0n) is 10.3. The van der Waals surface area contributed by atoms with Crippen molar-refractivity contribution < 1.29 is 0 Å². The Kier molecular flexibility index (Phi) is 2.86. The van der Waals surface area contributed by atoms with Crippen molar-refractivity contribution in [1.29, 1.82) is 0 Å². The molecule has 2 aromatic heterocycles. The minimum atomic E-state index is 0.916. The fourth-order valence-electron chi connectivity index (χ4n) is 2.16. The van der Waals surface area contributed by atoms with Gasteiger partial charge in [-0.3, -0.25) is 0 Å². The van der Waals surface area contributed by atoms with Crippen LogP contribution in [0.4, 0.5) is 0 Å². The molecule has 0 aliphatic carbocycles. The Bertz CT molecular complexity index is 650. The molecular weight excluding hydrogens is 224 g/mol. The number of benzene rings is 1. The van der Waals surface area contributed by atoms with Gasteiger partial charge in [0, 0.05) is 35.6 Å². The number of rotatable bonds is 4. The minimum Gasteiger partial charge on any atom is -0.360 e. The van der Waals surface area contributed by atoms with Gasteiger partial charge in [0.15, 0.2) is 0 Å². The second kappa shape index (κ2) is 4.66. The number of aromatic amines is 2. The van der Waals surface area contributed by atoms with Gasteiger partial charge in [-0.1, -0.05) is 18.2 Å². The molecule has 0 radical (unpaired) electrons. The number of imidazole rings is 1. The predicted octanol–water partition coefficient (Wildman–Crippen LogP) is 2.32. The van der Waals surface area contributed by atoms with Gasteiger partial charge >= 0.3 is 0 Å². The third-order valence-corrected chi connectivity index (χ3v) is 3.12.